The van der Waals surface area contributed by atoms with Crippen LogP contribution in [0, 0.1) is 12.8 Å². The van der Waals surface area contributed by atoms with E-state index >= 15 is 0 Å². The average molecular weight is 421 g/mol. The molecule has 1 fully saturated rings. The summed E-state index contributed by atoms with van der Waals surface area (Å²) >= 11 is 1.58. The molecule has 0 unspecified atom stereocenters. The average Bonchev–Trinajstić information content (AvgIpc) is 3.09. The van der Waals surface area contributed by atoms with Gasteiger partial charge in [-0.25, -0.2) is 0 Å². The molecule has 30 heavy (non-hydrogen) atoms. The van der Waals surface area contributed by atoms with Gasteiger partial charge in [-0.3, -0.25) is 4.79 Å². The van der Waals surface area contributed by atoms with Crippen LogP contribution in [0.5, 0.6) is 5.88 Å². The Bertz CT molecular complexity index is 964. The van der Waals surface area contributed by atoms with Crippen LogP contribution >= 0.6 is 11.8 Å². The number of ether oxygens (including phenoxy) is 1. The molecule has 2 aromatic carbocycles. The van der Waals surface area contributed by atoms with Gasteiger partial charge in [-0.05, 0) is 43.5 Å². The third-order valence-corrected chi connectivity index (χ3v) is 6.80. The number of hydrogen-bond donors (Lipinski definition) is 0. The van der Waals surface area contributed by atoms with Crippen LogP contribution in [0.15, 0.2) is 70.5 Å². The predicted molar refractivity (Wildman–Crippen MR) is 120 cm³/mol. The Hall–Kier alpha value is -2.53. The summed E-state index contributed by atoms with van der Waals surface area (Å²) in [5.41, 5.74) is 1.73. The number of hydrogen-bond acceptors (Lipinski definition) is 4. The first-order valence-electron chi connectivity index (χ1n) is 10.8. The maximum Gasteiger partial charge on any atom is 0.312 e. The van der Waals surface area contributed by atoms with E-state index in [1.54, 1.807) is 16.4 Å². The fourth-order valence-corrected chi connectivity index (χ4v) is 4.94. The van der Waals surface area contributed by atoms with E-state index in [0.717, 1.165) is 27.6 Å². The van der Waals surface area contributed by atoms with E-state index in [1.165, 1.54) is 32.1 Å². The molecular formula is C25H28N2O2S. The molecular weight excluding hydrogens is 392 g/mol. The van der Waals surface area contributed by atoms with Gasteiger partial charge in [0, 0.05) is 11.3 Å². The molecule has 1 aliphatic rings. The standard InChI is InChI=1S/C25H28N2O2S/c1-19-24(30-22-15-9-4-10-16-22)25(27(26-19)21-13-7-3-8-14-21)29-23(28)18-17-20-11-5-2-6-12-20/h3-4,7-10,13-16,20H,2,5-6,11-12,17-18H2,1H3. The van der Waals surface area contributed by atoms with Gasteiger partial charge in [0.1, 0.15) is 0 Å². The number of para-hydroxylation sites is 1. The van der Waals surface area contributed by atoms with Crippen LogP contribution in [-0.2, 0) is 4.79 Å². The number of carbonyl (C=O) groups is 1. The second-order valence-electron chi connectivity index (χ2n) is 7.90. The number of esters is 1. The summed E-state index contributed by atoms with van der Waals surface area (Å²) in [6, 6.07) is 20.0. The van der Waals surface area contributed by atoms with Crippen molar-refractivity contribution < 1.29 is 9.53 Å². The Morgan fingerprint density at radius 2 is 1.70 bits per heavy atom. The first-order chi connectivity index (χ1) is 14.7. The van der Waals surface area contributed by atoms with Crippen LogP contribution in [0.2, 0.25) is 0 Å². The molecule has 1 heterocycles. The minimum atomic E-state index is -0.174. The molecule has 1 saturated carbocycles. The molecule has 0 aliphatic heterocycles. The van der Waals surface area contributed by atoms with E-state index in [0.29, 0.717) is 18.2 Å². The van der Waals surface area contributed by atoms with Gasteiger partial charge in [0.15, 0.2) is 0 Å². The van der Waals surface area contributed by atoms with Gasteiger partial charge in [-0.1, -0.05) is 80.3 Å². The largest absolute Gasteiger partial charge is 0.406 e. The molecule has 0 amide bonds. The van der Waals surface area contributed by atoms with Crippen molar-refractivity contribution in [2.45, 2.75) is 61.7 Å². The Labute approximate surface area is 182 Å². The van der Waals surface area contributed by atoms with Crippen LogP contribution < -0.4 is 4.74 Å². The van der Waals surface area contributed by atoms with Crippen LogP contribution in [0.25, 0.3) is 5.69 Å². The van der Waals surface area contributed by atoms with Gasteiger partial charge in [0.25, 0.3) is 0 Å². The number of rotatable bonds is 7. The van der Waals surface area contributed by atoms with Crippen molar-refractivity contribution in [3.63, 3.8) is 0 Å². The minimum Gasteiger partial charge on any atom is -0.406 e. The lowest BCUT2D eigenvalue weighted by Gasteiger charge is -2.20. The molecule has 0 N–H and O–H groups in total. The maximum absolute atomic E-state index is 12.8. The van der Waals surface area contributed by atoms with Crippen molar-refractivity contribution >= 4 is 17.7 Å². The van der Waals surface area contributed by atoms with E-state index in [9.17, 15) is 4.79 Å². The molecule has 0 radical (unpaired) electrons. The number of aryl methyl sites for hydroxylation is 1. The molecule has 4 nitrogen and oxygen atoms in total. The SMILES string of the molecule is Cc1nn(-c2ccccc2)c(OC(=O)CCC2CCCCC2)c1Sc1ccccc1. The summed E-state index contributed by atoms with van der Waals surface area (Å²) in [7, 11) is 0. The summed E-state index contributed by atoms with van der Waals surface area (Å²) in [6.45, 7) is 1.96. The lowest BCUT2D eigenvalue weighted by molar-refractivity contribution is -0.135. The Kier molecular flexibility index (Phi) is 6.90. The molecule has 5 heteroatoms. The van der Waals surface area contributed by atoms with E-state index in [-0.39, 0.29) is 5.97 Å². The Morgan fingerprint density at radius 1 is 1.03 bits per heavy atom. The summed E-state index contributed by atoms with van der Waals surface area (Å²) in [4.78, 5) is 14.8. The van der Waals surface area contributed by atoms with E-state index < -0.39 is 0 Å². The summed E-state index contributed by atoms with van der Waals surface area (Å²) < 4.78 is 7.71. The molecule has 156 valence electrons. The monoisotopic (exact) mass is 420 g/mol. The van der Waals surface area contributed by atoms with Crippen molar-refractivity contribution in [3.05, 3.63) is 66.4 Å². The number of aromatic nitrogens is 2. The highest BCUT2D eigenvalue weighted by atomic mass is 32.2. The maximum atomic E-state index is 12.8. The van der Waals surface area contributed by atoms with Crippen molar-refractivity contribution in [1.29, 1.82) is 0 Å². The fourth-order valence-electron chi connectivity index (χ4n) is 4.01. The first kappa shape index (κ1) is 20.7. The van der Waals surface area contributed by atoms with Crippen LogP contribution in [-0.4, -0.2) is 15.7 Å². The predicted octanol–water partition coefficient (Wildman–Crippen LogP) is 6.60. The lowest BCUT2D eigenvalue weighted by atomic mass is 9.86. The fraction of sp³-hybridized carbons (Fsp3) is 0.360. The molecule has 0 atom stereocenters. The Balaban J connectivity index is 1.57. The van der Waals surface area contributed by atoms with Crippen molar-refractivity contribution in [2.75, 3.05) is 0 Å². The van der Waals surface area contributed by atoms with Crippen molar-refractivity contribution in [3.8, 4) is 11.6 Å². The number of nitrogens with zero attached hydrogens (tertiary/aromatic N) is 2. The molecule has 0 spiro atoms. The van der Waals surface area contributed by atoms with E-state index in [1.807, 2.05) is 55.5 Å². The lowest BCUT2D eigenvalue weighted by Crippen LogP contribution is -2.14. The van der Waals surface area contributed by atoms with Crippen LogP contribution in [0.3, 0.4) is 0 Å². The topological polar surface area (TPSA) is 44.1 Å². The smallest absolute Gasteiger partial charge is 0.312 e. The summed E-state index contributed by atoms with van der Waals surface area (Å²) in [5.74, 6) is 0.999. The molecule has 0 bridgehead atoms. The highest BCUT2D eigenvalue weighted by Gasteiger charge is 2.23. The second-order valence-corrected chi connectivity index (χ2v) is 8.98. The second kappa shape index (κ2) is 9.98. The zero-order valence-electron chi connectivity index (χ0n) is 17.4. The number of carbonyl (C=O) groups excluding carboxylic acids is 1. The van der Waals surface area contributed by atoms with Crippen LogP contribution in [0.1, 0.15) is 50.6 Å². The van der Waals surface area contributed by atoms with Gasteiger partial charge in [0.05, 0.1) is 16.3 Å². The van der Waals surface area contributed by atoms with Gasteiger partial charge < -0.3 is 4.74 Å². The van der Waals surface area contributed by atoms with Gasteiger partial charge in [-0.15, -0.1) is 0 Å². The van der Waals surface area contributed by atoms with E-state index in [2.05, 4.69) is 12.1 Å². The quantitative estimate of drug-likeness (QED) is 0.404. The first-order valence-corrected chi connectivity index (χ1v) is 11.6. The van der Waals surface area contributed by atoms with Gasteiger partial charge in [0.2, 0.25) is 5.88 Å². The van der Waals surface area contributed by atoms with Crippen molar-refractivity contribution in [1.82, 2.24) is 9.78 Å². The normalized spacial score (nSPS) is 14.6. The van der Waals surface area contributed by atoms with Gasteiger partial charge in [-0.2, -0.15) is 9.78 Å². The number of benzene rings is 2. The molecule has 0 saturated heterocycles. The zero-order chi connectivity index (χ0) is 20.8. The third-order valence-electron chi connectivity index (χ3n) is 5.62. The van der Waals surface area contributed by atoms with Gasteiger partial charge >= 0.3 is 5.97 Å². The van der Waals surface area contributed by atoms with Crippen LogP contribution in [0.4, 0.5) is 0 Å². The zero-order valence-corrected chi connectivity index (χ0v) is 18.2. The molecule has 1 aliphatic carbocycles. The third kappa shape index (κ3) is 5.14. The summed E-state index contributed by atoms with van der Waals surface area (Å²) in [5, 5.41) is 4.70. The Morgan fingerprint density at radius 3 is 2.40 bits per heavy atom. The molecule has 3 aromatic rings. The summed E-state index contributed by atoms with van der Waals surface area (Å²) in [6.07, 6.45) is 7.76. The highest BCUT2D eigenvalue weighted by Crippen LogP contribution is 2.39. The molecule has 4 rings (SSSR count). The highest BCUT2D eigenvalue weighted by molar-refractivity contribution is 7.99. The van der Waals surface area contributed by atoms with E-state index in [4.69, 9.17) is 9.84 Å². The minimum absolute atomic E-state index is 0.174. The molecule has 1 aromatic heterocycles. The van der Waals surface area contributed by atoms with Crippen molar-refractivity contribution in [2.24, 2.45) is 5.92 Å².